The molecule has 1 saturated carbocycles. The van der Waals surface area contributed by atoms with Crippen molar-refractivity contribution in [2.24, 2.45) is 0 Å². The molecule has 3 rings (SSSR count). The summed E-state index contributed by atoms with van der Waals surface area (Å²) in [5, 5.41) is 4.78. The highest BCUT2D eigenvalue weighted by atomic mass is 32.2. The fraction of sp³-hybridized carbons (Fsp3) is 0.471. The van der Waals surface area contributed by atoms with Gasteiger partial charge in [-0.25, -0.2) is 0 Å². The lowest BCUT2D eigenvalue weighted by Gasteiger charge is -2.13. The highest BCUT2D eigenvalue weighted by Crippen LogP contribution is 2.29. The van der Waals surface area contributed by atoms with E-state index in [1.54, 1.807) is 11.8 Å². The largest absolute Gasteiger partial charge is 0.459 e. The number of thioether (sulfide) groups is 1. The summed E-state index contributed by atoms with van der Waals surface area (Å²) in [5.74, 6) is 1.46. The van der Waals surface area contributed by atoms with E-state index in [2.05, 4.69) is 5.32 Å². The van der Waals surface area contributed by atoms with Gasteiger partial charge in [-0.15, -0.1) is 11.8 Å². The lowest BCUT2D eigenvalue weighted by atomic mass is 10.2. The Morgan fingerprint density at radius 2 is 2.14 bits per heavy atom. The molecule has 0 aliphatic heterocycles. The first-order chi connectivity index (χ1) is 10.2. The minimum absolute atomic E-state index is 0.0888. The minimum Gasteiger partial charge on any atom is -0.459 e. The third-order valence-corrected chi connectivity index (χ3v) is 5.37. The van der Waals surface area contributed by atoms with E-state index in [9.17, 15) is 4.79 Å². The fourth-order valence-electron chi connectivity index (χ4n) is 2.82. The average Bonchev–Trinajstić information content (AvgIpc) is 3.14. The van der Waals surface area contributed by atoms with Gasteiger partial charge in [-0.2, -0.15) is 0 Å². The summed E-state index contributed by atoms with van der Waals surface area (Å²) in [6.45, 7) is 1.97. The zero-order valence-corrected chi connectivity index (χ0v) is 13.1. The van der Waals surface area contributed by atoms with Gasteiger partial charge >= 0.3 is 0 Å². The molecule has 4 heteroatoms. The molecule has 0 unspecified atom stereocenters. The molecule has 1 N–H and O–H groups in total. The average molecular weight is 303 g/mol. The second kappa shape index (κ2) is 6.56. The molecule has 2 aromatic rings. The van der Waals surface area contributed by atoms with E-state index in [4.69, 9.17) is 4.42 Å². The molecule has 0 saturated heterocycles. The van der Waals surface area contributed by atoms with Gasteiger partial charge in [0.25, 0.3) is 0 Å². The summed E-state index contributed by atoms with van der Waals surface area (Å²) >= 11 is 1.79. The van der Waals surface area contributed by atoms with Crippen LogP contribution in [-0.2, 0) is 4.79 Å². The van der Waals surface area contributed by atoms with Crippen LogP contribution < -0.4 is 5.32 Å². The Labute approximate surface area is 129 Å². The van der Waals surface area contributed by atoms with Crippen LogP contribution in [0.25, 0.3) is 11.0 Å². The van der Waals surface area contributed by atoms with Crippen LogP contribution in [0.1, 0.15) is 44.4 Å². The van der Waals surface area contributed by atoms with Gasteiger partial charge in [-0.05, 0) is 31.9 Å². The molecule has 1 atom stereocenters. The van der Waals surface area contributed by atoms with Crippen LogP contribution in [0, 0.1) is 0 Å². The minimum atomic E-state index is -0.0888. The SMILES string of the molecule is C[C@@H](NC(=O)CSC1CCCC1)c1cc2ccccc2o1. The molecular weight excluding hydrogens is 282 g/mol. The van der Waals surface area contributed by atoms with Crippen molar-refractivity contribution in [2.75, 3.05) is 5.75 Å². The number of benzene rings is 1. The topological polar surface area (TPSA) is 42.2 Å². The Bertz CT molecular complexity index is 583. The van der Waals surface area contributed by atoms with Gasteiger partial charge < -0.3 is 9.73 Å². The van der Waals surface area contributed by atoms with E-state index in [0.29, 0.717) is 11.0 Å². The Kier molecular flexibility index (Phi) is 4.54. The summed E-state index contributed by atoms with van der Waals surface area (Å²) in [6.07, 6.45) is 5.15. The van der Waals surface area contributed by atoms with Gasteiger partial charge in [0.05, 0.1) is 11.8 Å². The number of rotatable bonds is 5. The van der Waals surface area contributed by atoms with Crippen LogP contribution in [0.5, 0.6) is 0 Å². The van der Waals surface area contributed by atoms with Crippen molar-refractivity contribution in [3.8, 4) is 0 Å². The van der Waals surface area contributed by atoms with E-state index in [1.165, 1.54) is 25.7 Å². The number of fused-ring (bicyclic) bond motifs is 1. The van der Waals surface area contributed by atoms with Crippen LogP contribution >= 0.6 is 11.8 Å². The summed E-state index contributed by atoms with van der Waals surface area (Å²) in [6, 6.07) is 9.83. The van der Waals surface area contributed by atoms with Crippen LogP contribution in [0.4, 0.5) is 0 Å². The normalized spacial score (nSPS) is 17.2. The van der Waals surface area contributed by atoms with Crippen LogP contribution in [0.3, 0.4) is 0 Å². The second-order valence-electron chi connectivity index (χ2n) is 5.69. The van der Waals surface area contributed by atoms with E-state index < -0.39 is 0 Å². The molecule has 1 aliphatic rings. The van der Waals surface area contributed by atoms with Gasteiger partial charge in [-0.3, -0.25) is 4.79 Å². The number of hydrogen-bond donors (Lipinski definition) is 1. The van der Waals surface area contributed by atoms with E-state index in [0.717, 1.165) is 16.7 Å². The molecule has 1 aromatic heterocycles. The summed E-state index contributed by atoms with van der Waals surface area (Å²) in [4.78, 5) is 12.0. The Hall–Kier alpha value is -1.42. The maximum Gasteiger partial charge on any atom is 0.230 e. The number of hydrogen-bond acceptors (Lipinski definition) is 3. The molecule has 1 aliphatic carbocycles. The number of furan rings is 1. The first-order valence-electron chi connectivity index (χ1n) is 7.62. The van der Waals surface area contributed by atoms with E-state index in [-0.39, 0.29) is 11.9 Å². The van der Waals surface area contributed by atoms with Crippen molar-refractivity contribution in [1.29, 1.82) is 0 Å². The molecule has 21 heavy (non-hydrogen) atoms. The number of carbonyl (C=O) groups is 1. The molecule has 0 radical (unpaired) electrons. The Balaban J connectivity index is 1.54. The maximum atomic E-state index is 12.0. The number of amides is 1. The third-order valence-electron chi connectivity index (χ3n) is 4.00. The molecule has 0 spiro atoms. The summed E-state index contributed by atoms with van der Waals surface area (Å²) in [5.41, 5.74) is 0.869. The van der Waals surface area contributed by atoms with Gasteiger partial charge in [0, 0.05) is 10.6 Å². The summed E-state index contributed by atoms with van der Waals surface area (Å²) in [7, 11) is 0. The third kappa shape index (κ3) is 3.62. The fourth-order valence-corrected chi connectivity index (χ4v) is 3.96. The zero-order valence-electron chi connectivity index (χ0n) is 12.3. The quantitative estimate of drug-likeness (QED) is 0.896. The van der Waals surface area contributed by atoms with Gasteiger partial charge in [-0.1, -0.05) is 31.0 Å². The Morgan fingerprint density at radius 3 is 2.90 bits per heavy atom. The van der Waals surface area contributed by atoms with Gasteiger partial charge in [0.1, 0.15) is 11.3 Å². The van der Waals surface area contributed by atoms with Crippen molar-refractivity contribution in [3.63, 3.8) is 0 Å². The highest BCUT2D eigenvalue weighted by Gasteiger charge is 2.18. The molecule has 1 fully saturated rings. The number of nitrogens with one attached hydrogen (secondary N) is 1. The molecule has 1 heterocycles. The standard InChI is InChI=1S/C17H21NO2S/c1-12(16-10-13-6-2-5-9-15(13)20-16)18-17(19)11-21-14-7-3-4-8-14/h2,5-6,9-10,12,14H,3-4,7-8,11H2,1H3,(H,18,19)/t12-/m1/s1. The molecule has 1 amide bonds. The maximum absolute atomic E-state index is 12.0. The number of para-hydroxylation sites is 1. The van der Waals surface area contributed by atoms with Crippen molar-refractivity contribution in [3.05, 3.63) is 36.1 Å². The summed E-state index contributed by atoms with van der Waals surface area (Å²) < 4.78 is 5.79. The predicted octanol–water partition coefficient (Wildman–Crippen LogP) is 4.29. The molecule has 112 valence electrons. The molecular formula is C17H21NO2S. The second-order valence-corrected chi connectivity index (χ2v) is 6.98. The molecule has 0 bridgehead atoms. The van der Waals surface area contributed by atoms with Crippen molar-refractivity contribution >= 4 is 28.6 Å². The highest BCUT2D eigenvalue weighted by molar-refractivity contribution is 8.00. The monoisotopic (exact) mass is 303 g/mol. The van der Waals surface area contributed by atoms with Crippen LogP contribution in [0.15, 0.2) is 34.7 Å². The first-order valence-corrected chi connectivity index (χ1v) is 8.66. The van der Waals surface area contributed by atoms with Crippen molar-refractivity contribution < 1.29 is 9.21 Å². The van der Waals surface area contributed by atoms with Crippen LogP contribution in [-0.4, -0.2) is 16.9 Å². The van der Waals surface area contributed by atoms with E-state index in [1.807, 2.05) is 37.3 Å². The number of carbonyl (C=O) groups excluding carboxylic acids is 1. The molecule has 3 nitrogen and oxygen atoms in total. The first kappa shape index (κ1) is 14.5. The molecule has 1 aromatic carbocycles. The van der Waals surface area contributed by atoms with Crippen molar-refractivity contribution in [1.82, 2.24) is 5.32 Å². The Morgan fingerprint density at radius 1 is 1.38 bits per heavy atom. The van der Waals surface area contributed by atoms with Crippen LogP contribution in [0.2, 0.25) is 0 Å². The van der Waals surface area contributed by atoms with Gasteiger partial charge in [0.15, 0.2) is 0 Å². The van der Waals surface area contributed by atoms with Crippen molar-refractivity contribution in [2.45, 2.75) is 43.9 Å². The smallest absolute Gasteiger partial charge is 0.230 e. The lowest BCUT2D eigenvalue weighted by Crippen LogP contribution is -2.28. The predicted molar refractivity (Wildman–Crippen MR) is 87.5 cm³/mol. The van der Waals surface area contributed by atoms with E-state index >= 15 is 0 Å². The zero-order chi connectivity index (χ0) is 14.7. The lowest BCUT2D eigenvalue weighted by molar-refractivity contribution is -0.119. The van der Waals surface area contributed by atoms with Gasteiger partial charge in [0.2, 0.25) is 5.91 Å².